The van der Waals surface area contributed by atoms with Crippen molar-refractivity contribution in [3.8, 4) is 0 Å². The lowest BCUT2D eigenvalue weighted by Gasteiger charge is -2.15. The lowest BCUT2D eigenvalue weighted by Crippen LogP contribution is -2.29. The van der Waals surface area contributed by atoms with Crippen molar-refractivity contribution in [2.75, 3.05) is 0 Å². The minimum absolute atomic E-state index is 0.0440. The van der Waals surface area contributed by atoms with E-state index in [1.54, 1.807) is 20.8 Å². The number of ketones is 1. The first kappa shape index (κ1) is 9.64. The summed E-state index contributed by atoms with van der Waals surface area (Å²) in [5.74, 6) is -1.42. The SMILES string of the molecule is CC(C)(C)C(=O)C1=CC(=O)NC1=O. The van der Waals surface area contributed by atoms with E-state index in [0.717, 1.165) is 6.08 Å². The van der Waals surface area contributed by atoms with Crippen LogP contribution in [-0.4, -0.2) is 17.6 Å². The number of hydrogen-bond donors (Lipinski definition) is 1. The highest BCUT2D eigenvalue weighted by molar-refractivity contribution is 6.31. The Balaban J connectivity index is 2.97. The molecule has 1 aliphatic rings. The Morgan fingerprint density at radius 3 is 2.15 bits per heavy atom. The summed E-state index contributed by atoms with van der Waals surface area (Å²) < 4.78 is 0. The average molecular weight is 181 g/mol. The van der Waals surface area contributed by atoms with E-state index in [1.807, 2.05) is 5.32 Å². The van der Waals surface area contributed by atoms with Crippen LogP contribution in [0.25, 0.3) is 0 Å². The Kier molecular flexibility index (Phi) is 2.07. The van der Waals surface area contributed by atoms with Crippen LogP contribution >= 0.6 is 0 Å². The van der Waals surface area contributed by atoms with E-state index in [9.17, 15) is 14.4 Å². The van der Waals surface area contributed by atoms with E-state index >= 15 is 0 Å². The van der Waals surface area contributed by atoms with Crippen molar-refractivity contribution in [2.24, 2.45) is 5.41 Å². The molecule has 1 N–H and O–H groups in total. The summed E-state index contributed by atoms with van der Waals surface area (Å²) in [6, 6.07) is 0. The molecular formula is C9H11NO3. The van der Waals surface area contributed by atoms with E-state index in [0.29, 0.717) is 0 Å². The molecule has 0 fully saturated rings. The monoisotopic (exact) mass is 181 g/mol. The highest BCUT2D eigenvalue weighted by Gasteiger charge is 2.33. The molecule has 0 unspecified atom stereocenters. The molecule has 0 spiro atoms. The van der Waals surface area contributed by atoms with Crippen molar-refractivity contribution in [1.82, 2.24) is 5.32 Å². The average Bonchev–Trinajstić information content (AvgIpc) is 2.26. The van der Waals surface area contributed by atoms with Gasteiger partial charge in [-0.25, -0.2) is 0 Å². The lowest BCUT2D eigenvalue weighted by molar-refractivity contribution is -0.127. The van der Waals surface area contributed by atoms with Gasteiger partial charge in [0, 0.05) is 11.5 Å². The topological polar surface area (TPSA) is 63.2 Å². The summed E-state index contributed by atoms with van der Waals surface area (Å²) in [6.45, 7) is 5.10. The number of nitrogens with one attached hydrogen (secondary N) is 1. The van der Waals surface area contributed by atoms with Gasteiger partial charge in [0.15, 0.2) is 5.78 Å². The molecule has 0 bridgehead atoms. The molecule has 4 heteroatoms. The quantitative estimate of drug-likeness (QED) is 0.463. The van der Waals surface area contributed by atoms with Gasteiger partial charge in [-0.2, -0.15) is 0 Å². The van der Waals surface area contributed by atoms with Crippen LogP contribution < -0.4 is 5.32 Å². The molecule has 0 atom stereocenters. The summed E-state index contributed by atoms with van der Waals surface area (Å²) in [4.78, 5) is 33.3. The fraction of sp³-hybridized carbons (Fsp3) is 0.444. The lowest BCUT2D eigenvalue weighted by atomic mass is 9.86. The third-order valence-corrected chi connectivity index (χ3v) is 1.68. The van der Waals surface area contributed by atoms with Crippen LogP contribution in [-0.2, 0) is 14.4 Å². The number of Topliss-reactive ketones (excluding diaryl/α,β-unsaturated/α-hetero) is 1. The number of rotatable bonds is 1. The summed E-state index contributed by atoms with van der Waals surface area (Å²) in [5.41, 5.74) is -0.675. The molecule has 4 nitrogen and oxygen atoms in total. The largest absolute Gasteiger partial charge is 0.293 e. The van der Waals surface area contributed by atoms with Crippen LogP contribution in [0, 0.1) is 5.41 Å². The Hall–Kier alpha value is -1.45. The molecule has 0 radical (unpaired) electrons. The van der Waals surface area contributed by atoms with Gasteiger partial charge >= 0.3 is 0 Å². The molecule has 0 saturated heterocycles. The van der Waals surface area contributed by atoms with Crippen molar-refractivity contribution in [1.29, 1.82) is 0 Å². The summed E-state index contributed by atoms with van der Waals surface area (Å²) in [5, 5.41) is 2.03. The highest BCUT2D eigenvalue weighted by Crippen LogP contribution is 2.21. The van der Waals surface area contributed by atoms with Gasteiger partial charge in [-0.05, 0) is 0 Å². The van der Waals surface area contributed by atoms with Crippen molar-refractivity contribution >= 4 is 17.6 Å². The molecule has 0 aromatic rings. The molecule has 0 aromatic carbocycles. The van der Waals surface area contributed by atoms with Crippen molar-refractivity contribution in [3.05, 3.63) is 11.6 Å². The van der Waals surface area contributed by atoms with E-state index in [4.69, 9.17) is 0 Å². The van der Waals surface area contributed by atoms with E-state index < -0.39 is 17.2 Å². The second-order valence-electron chi connectivity index (χ2n) is 3.96. The first-order valence-electron chi connectivity index (χ1n) is 3.94. The van der Waals surface area contributed by atoms with Crippen LogP contribution in [0.3, 0.4) is 0 Å². The number of amides is 2. The fourth-order valence-electron chi connectivity index (χ4n) is 0.985. The zero-order valence-corrected chi connectivity index (χ0v) is 7.80. The third-order valence-electron chi connectivity index (χ3n) is 1.68. The van der Waals surface area contributed by atoms with Gasteiger partial charge in [0.25, 0.3) is 11.8 Å². The summed E-state index contributed by atoms with van der Waals surface area (Å²) >= 11 is 0. The Labute approximate surface area is 76.0 Å². The second-order valence-corrected chi connectivity index (χ2v) is 3.96. The fourth-order valence-corrected chi connectivity index (χ4v) is 0.985. The van der Waals surface area contributed by atoms with Crippen LogP contribution in [0.4, 0.5) is 0 Å². The Morgan fingerprint density at radius 2 is 1.85 bits per heavy atom. The van der Waals surface area contributed by atoms with Gasteiger partial charge in [0.1, 0.15) is 0 Å². The normalized spacial score (nSPS) is 17.0. The maximum Gasteiger partial charge on any atom is 0.261 e. The molecule has 70 valence electrons. The van der Waals surface area contributed by atoms with Crippen LogP contribution in [0.5, 0.6) is 0 Å². The summed E-state index contributed by atoms with van der Waals surface area (Å²) in [6.07, 6.45) is 1.05. The van der Waals surface area contributed by atoms with Gasteiger partial charge in [-0.1, -0.05) is 20.8 Å². The minimum Gasteiger partial charge on any atom is -0.293 e. The van der Waals surface area contributed by atoms with Gasteiger partial charge in [-0.3, -0.25) is 19.7 Å². The van der Waals surface area contributed by atoms with Crippen molar-refractivity contribution < 1.29 is 14.4 Å². The standard InChI is InChI=1S/C9H11NO3/c1-9(2,3)7(12)5-4-6(11)10-8(5)13/h4H,1-3H3,(H,10,11,13). The molecule has 0 aliphatic carbocycles. The zero-order valence-electron chi connectivity index (χ0n) is 7.80. The molecule has 1 rings (SSSR count). The number of imide groups is 1. The van der Waals surface area contributed by atoms with Crippen LogP contribution in [0.1, 0.15) is 20.8 Å². The molecule has 1 aliphatic heterocycles. The molecule has 1 heterocycles. The smallest absolute Gasteiger partial charge is 0.261 e. The zero-order chi connectivity index (χ0) is 10.2. The Bertz CT molecular complexity index is 320. The summed E-state index contributed by atoms with van der Waals surface area (Å²) in [7, 11) is 0. The number of hydrogen-bond acceptors (Lipinski definition) is 3. The van der Waals surface area contributed by atoms with E-state index in [-0.39, 0.29) is 11.4 Å². The molecular weight excluding hydrogens is 170 g/mol. The first-order valence-corrected chi connectivity index (χ1v) is 3.94. The van der Waals surface area contributed by atoms with Gasteiger partial charge in [-0.15, -0.1) is 0 Å². The second kappa shape index (κ2) is 2.80. The van der Waals surface area contributed by atoms with Crippen LogP contribution in [0.2, 0.25) is 0 Å². The predicted molar refractivity (Wildman–Crippen MR) is 45.7 cm³/mol. The highest BCUT2D eigenvalue weighted by atomic mass is 16.2. The number of carbonyl (C=O) groups excluding carboxylic acids is 3. The van der Waals surface area contributed by atoms with Crippen molar-refractivity contribution in [3.63, 3.8) is 0 Å². The molecule has 0 saturated carbocycles. The van der Waals surface area contributed by atoms with Gasteiger partial charge in [0.05, 0.1) is 5.57 Å². The molecule has 0 aromatic heterocycles. The van der Waals surface area contributed by atoms with E-state index in [1.165, 1.54) is 0 Å². The number of carbonyl (C=O) groups is 3. The van der Waals surface area contributed by atoms with E-state index in [2.05, 4.69) is 0 Å². The maximum absolute atomic E-state index is 11.5. The third kappa shape index (κ3) is 1.83. The maximum atomic E-state index is 11.5. The van der Waals surface area contributed by atoms with Gasteiger partial charge < -0.3 is 0 Å². The first-order chi connectivity index (χ1) is 5.82. The van der Waals surface area contributed by atoms with Crippen molar-refractivity contribution in [2.45, 2.75) is 20.8 Å². The predicted octanol–water partition coefficient (Wildman–Crippen LogP) is 0.184. The molecule has 2 amide bonds. The molecule has 13 heavy (non-hydrogen) atoms. The van der Waals surface area contributed by atoms with Gasteiger partial charge in [0.2, 0.25) is 0 Å². The minimum atomic E-state index is -0.631. The Morgan fingerprint density at radius 1 is 1.31 bits per heavy atom. The van der Waals surface area contributed by atoms with Crippen LogP contribution in [0.15, 0.2) is 11.6 Å².